The summed E-state index contributed by atoms with van der Waals surface area (Å²) in [5, 5.41) is 6.93. The van der Waals surface area contributed by atoms with Crippen LogP contribution in [0.2, 0.25) is 0 Å². The number of nitrogens with one attached hydrogen (secondary N) is 2. The normalized spacial score (nSPS) is 35.5. The van der Waals surface area contributed by atoms with Gasteiger partial charge in [0.05, 0.1) is 0 Å². The Bertz CT molecular complexity index is 91.7. The Balaban J connectivity index is 2.29. The van der Waals surface area contributed by atoms with Crippen LogP contribution in [-0.4, -0.2) is 26.2 Å². The molecule has 2 heteroatoms. The van der Waals surface area contributed by atoms with Crippen molar-refractivity contribution in [1.82, 2.24) is 10.6 Å². The van der Waals surface area contributed by atoms with Gasteiger partial charge in [0.2, 0.25) is 0 Å². The lowest BCUT2D eigenvalue weighted by molar-refractivity contribution is 0.367. The molecule has 2 atom stereocenters. The van der Waals surface area contributed by atoms with Crippen molar-refractivity contribution in [2.24, 2.45) is 11.8 Å². The van der Waals surface area contributed by atoms with E-state index in [4.69, 9.17) is 0 Å². The van der Waals surface area contributed by atoms with E-state index in [1.807, 2.05) is 0 Å². The Morgan fingerprint density at radius 1 is 0.909 bits per heavy atom. The summed E-state index contributed by atoms with van der Waals surface area (Å²) in [6, 6.07) is 0. The average Bonchev–Trinajstić information content (AvgIpc) is 2.07. The molecular weight excluding hydrogens is 136 g/mol. The molecule has 2 N–H and O–H groups in total. The van der Waals surface area contributed by atoms with Gasteiger partial charge < -0.3 is 10.6 Å². The predicted octanol–water partition coefficient (Wildman–Crippen LogP) is 0.841. The van der Waals surface area contributed by atoms with Crippen molar-refractivity contribution < 1.29 is 0 Å². The fourth-order valence-corrected chi connectivity index (χ4v) is 1.40. The van der Waals surface area contributed by atoms with Crippen LogP contribution < -0.4 is 10.6 Å². The lowest BCUT2D eigenvalue weighted by Crippen LogP contribution is -2.28. The quantitative estimate of drug-likeness (QED) is 0.543. The maximum atomic E-state index is 3.47. The Kier molecular flexibility index (Phi) is 3.87. The summed E-state index contributed by atoms with van der Waals surface area (Å²) >= 11 is 0. The molecule has 2 unspecified atom stereocenters. The molecule has 0 amide bonds. The predicted molar refractivity (Wildman–Crippen MR) is 48.7 cm³/mol. The van der Waals surface area contributed by atoms with E-state index in [1.54, 1.807) is 0 Å². The Morgan fingerprint density at radius 2 is 1.36 bits per heavy atom. The molecule has 0 radical (unpaired) electrons. The fraction of sp³-hybridized carbons (Fsp3) is 1.00. The van der Waals surface area contributed by atoms with Crippen LogP contribution in [-0.2, 0) is 0 Å². The zero-order chi connectivity index (χ0) is 8.10. The number of hydrogen-bond acceptors (Lipinski definition) is 2. The first-order valence-corrected chi connectivity index (χ1v) is 4.72. The first-order chi connectivity index (χ1) is 5.30. The summed E-state index contributed by atoms with van der Waals surface area (Å²) in [7, 11) is 0. The molecule has 1 rings (SSSR count). The summed E-state index contributed by atoms with van der Waals surface area (Å²) in [6.07, 6.45) is 1.26. The van der Waals surface area contributed by atoms with E-state index in [0.717, 1.165) is 11.8 Å². The van der Waals surface area contributed by atoms with Gasteiger partial charge in [0.25, 0.3) is 0 Å². The van der Waals surface area contributed by atoms with Crippen LogP contribution in [0.3, 0.4) is 0 Å². The van der Waals surface area contributed by atoms with Crippen molar-refractivity contribution in [3.8, 4) is 0 Å². The maximum absolute atomic E-state index is 3.47. The van der Waals surface area contributed by atoms with E-state index in [9.17, 15) is 0 Å². The van der Waals surface area contributed by atoms with Crippen LogP contribution in [0, 0.1) is 11.8 Å². The molecule has 1 saturated heterocycles. The third kappa shape index (κ3) is 3.21. The van der Waals surface area contributed by atoms with Gasteiger partial charge in [-0.1, -0.05) is 13.8 Å². The van der Waals surface area contributed by atoms with Crippen LogP contribution in [0.1, 0.15) is 20.3 Å². The standard InChI is InChI=1S/C9H20N2/c1-8-6-10-4-3-5-11-7-9(8)2/h8-11H,3-7H2,1-2H3. The molecule has 2 nitrogen and oxygen atoms in total. The van der Waals surface area contributed by atoms with E-state index < -0.39 is 0 Å². The minimum absolute atomic E-state index is 0.806. The first kappa shape index (κ1) is 9.01. The molecule has 1 fully saturated rings. The highest BCUT2D eigenvalue weighted by Crippen LogP contribution is 2.08. The van der Waals surface area contributed by atoms with Crippen LogP contribution in [0.5, 0.6) is 0 Å². The first-order valence-electron chi connectivity index (χ1n) is 4.72. The van der Waals surface area contributed by atoms with E-state index in [-0.39, 0.29) is 0 Å². The van der Waals surface area contributed by atoms with E-state index in [1.165, 1.54) is 32.6 Å². The second-order valence-electron chi connectivity index (χ2n) is 3.72. The molecule has 1 heterocycles. The van der Waals surface area contributed by atoms with Gasteiger partial charge in [-0.25, -0.2) is 0 Å². The summed E-state index contributed by atoms with van der Waals surface area (Å²) in [4.78, 5) is 0. The molecule has 0 bridgehead atoms. The smallest absolute Gasteiger partial charge is 0.00201 e. The van der Waals surface area contributed by atoms with Gasteiger partial charge in [-0.2, -0.15) is 0 Å². The van der Waals surface area contributed by atoms with Gasteiger partial charge in [0.15, 0.2) is 0 Å². The van der Waals surface area contributed by atoms with Gasteiger partial charge in [0, 0.05) is 0 Å². The second-order valence-corrected chi connectivity index (χ2v) is 3.72. The Hall–Kier alpha value is -0.0800. The molecule has 1 aliphatic rings. The minimum Gasteiger partial charge on any atom is -0.316 e. The second kappa shape index (κ2) is 4.73. The average molecular weight is 156 g/mol. The van der Waals surface area contributed by atoms with Crippen molar-refractivity contribution in [1.29, 1.82) is 0 Å². The summed E-state index contributed by atoms with van der Waals surface area (Å²) in [6.45, 7) is 9.36. The van der Waals surface area contributed by atoms with E-state index in [0.29, 0.717) is 0 Å². The van der Waals surface area contributed by atoms with Crippen LogP contribution in [0.4, 0.5) is 0 Å². The maximum Gasteiger partial charge on any atom is -0.00201 e. The molecule has 66 valence electrons. The van der Waals surface area contributed by atoms with Gasteiger partial charge in [-0.05, 0) is 44.4 Å². The highest BCUT2D eigenvalue weighted by atomic mass is 14.9. The van der Waals surface area contributed by atoms with Crippen molar-refractivity contribution in [2.75, 3.05) is 26.2 Å². The molecular formula is C9H20N2. The van der Waals surface area contributed by atoms with Gasteiger partial charge >= 0.3 is 0 Å². The van der Waals surface area contributed by atoms with Gasteiger partial charge in [-0.3, -0.25) is 0 Å². The SMILES string of the molecule is CC1CNCCCNCC1C. The molecule has 11 heavy (non-hydrogen) atoms. The van der Waals surface area contributed by atoms with Crippen molar-refractivity contribution in [3.05, 3.63) is 0 Å². The summed E-state index contributed by atoms with van der Waals surface area (Å²) < 4.78 is 0. The molecule has 0 aromatic carbocycles. The molecule has 0 aliphatic carbocycles. The van der Waals surface area contributed by atoms with Crippen molar-refractivity contribution >= 4 is 0 Å². The van der Waals surface area contributed by atoms with Crippen molar-refractivity contribution in [2.45, 2.75) is 20.3 Å². The molecule has 1 aliphatic heterocycles. The molecule has 0 aromatic rings. The number of hydrogen-bond donors (Lipinski definition) is 2. The lowest BCUT2D eigenvalue weighted by Gasteiger charge is -2.18. The Labute approximate surface area is 69.8 Å². The third-order valence-corrected chi connectivity index (χ3v) is 2.61. The number of rotatable bonds is 0. The van der Waals surface area contributed by atoms with Crippen LogP contribution in [0.15, 0.2) is 0 Å². The highest BCUT2D eigenvalue weighted by molar-refractivity contribution is 4.69. The molecule has 0 aromatic heterocycles. The monoisotopic (exact) mass is 156 g/mol. The molecule has 0 spiro atoms. The highest BCUT2D eigenvalue weighted by Gasteiger charge is 2.12. The zero-order valence-electron chi connectivity index (χ0n) is 7.69. The van der Waals surface area contributed by atoms with Crippen LogP contribution >= 0.6 is 0 Å². The largest absolute Gasteiger partial charge is 0.316 e. The van der Waals surface area contributed by atoms with E-state index in [2.05, 4.69) is 24.5 Å². The topological polar surface area (TPSA) is 24.1 Å². The molecule has 0 saturated carbocycles. The zero-order valence-corrected chi connectivity index (χ0v) is 7.69. The van der Waals surface area contributed by atoms with Gasteiger partial charge in [-0.15, -0.1) is 0 Å². The third-order valence-electron chi connectivity index (χ3n) is 2.61. The van der Waals surface area contributed by atoms with Crippen molar-refractivity contribution in [3.63, 3.8) is 0 Å². The van der Waals surface area contributed by atoms with Gasteiger partial charge in [0.1, 0.15) is 0 Å². The summed E-state index contributed by atoms with van der Waals surface area (Å²) in [5.41, 5.74) is 0. The van der Waals surface area contributed by atoms with E-state index >= 15 is 0 Å². The lowest BCUT2D eigenvalue weighted by atomic mass is 9.96. The Morgan fingerprint density at radius 3 is 1.82 bits per heavy atom. The fourth-order valence-electron chi connectivity index (χ4n) is 1.40. The summed E-state index contributed by atoms with van der Waals surface area (Å²) in [5.74, 6) is 1.61. The van der Waals surface area contributed by atoms with Crippen LogP contribution in [0.25, 0.3) is 0 Å². The minimum atomic E-state index is 0.806.